The van der Waals surface area contributed by atoms with Crippen molar-refractivity contribution in [3.63, 3.8) is 0 Å². The van der Waals surface area contributed by atoms with Crippen LogP contribution in [0.2, 0.25) is 0 Å². The Balaban J connectivity index is 2.24. The average Bonchev–Trinajstić information content (AvgIpc) is 2.39. The maximum absolute atomic E-state index is 12.2. The molecule has 2 aromatic rings. The number of anilines is 1. The SMILES string of the molecule is COc1ncccc1CS(=O)c1ncccc1N. The molecule has 0 radical (unpaired) electrons. The van der Waals surface area contributed by atoms with Gasteiger partial charge >= 0.3 is 0 Å². The van der Waals surface area contributed by atoms with E-state index < -0.39 is 10.8 Å². The Bertz CT molecular complexity index is 575. The highest BCUT2D eigenvalue weighted by Gasteiger charge is 2.13. The van der Waals surface area contributed by atoms with E-state index >= 15 is 0 Å². The van der Waals surface area contributed by atoms with Crippen LogP contribution in [0.4, 0.5) is 5.69 Å². The van der Waals surface area contributed by atoms with E-state index in [-0.39, 0.29) is 5.75 Å². The molecule has 0 fully saturated rings. The van der Waals surface area contributed by atoms with Gasteiger partial charge in [-0.2, -0.15) is 0 Å². The van der Waals surface area contributed by atoms with E-state index in [9.17, 15) is 4.21 Å². The summed E-state index contributed by atoms with van der Waals surface area (Å²) in [6, 6.07) is 6.99. The predicted octanol–water partition coefficient (Wildman–Crippen LogP) is 1.38. The lowest BCUT2D eigenvalue weighted by molar-refractivity contribution is 0.394. The Kier molecular flexibility index (Phi) is 3.88. The highest BCUT2D eigenvalue weighted by Crippen LogP contribution is 2.20. The summed E-state index contributed by atoms with van der Waals surface area (Å²) in [5.74, 6) is 0.749. The first-order valence-corrected chi connectivity index (χ1v) is 6.61. The normalized spacial score (nSPS) is 12.1. The van der Waals surface area contributed by atoms with Gasteiger partial charge in [0.15, 0.2) is 0 Å². The minimum atomic E-state index is -1.31. The van der Waals surface area contributed by atoms with Crippen LogP contribution >= 0.6 is 0 Å². The number of hydrogen-bond donors (Lipinski definition) is 1. The summed E-state index contributed by atoms with van der Waals surface area (Å²) >= 11 is 0. The van der Waals surface area contributed by atoms with Crippen LogP contribution in [0, 0.1) is 0 Å². The Labute approximate surface area is 107 Å². The van der Waals surface area contributed by atoms with E-state index in [2.05, 4.69) is 9.97 Å². The van der Waals surface area contributed by atoms with Crippen LogP contribution in [0.25, 0.3) is 0 Å². The first kappa shape index (κ1) is 12.5. The molecule has 2 rings (SSSR count). The van der Waals surface area contributed by atoms with Gasteiger partial charge in [0.2, 0.25) is 5.88 Å². The molecule has 0 spiro atoms. The van der Waals surface area contributed by atoms with E-state index in [1.807, 2.05) is 6.07 Å². The molecule has 0 aliphatic carbocycles. The van der Waals surface area contributed by atoms with Crippen molar-refractivity contribution in [3.8, 4) is 5.88 Å². The number of aromatic nitrogens is 2. The van der Waals surface area contributed by atoms with Crippen LogP contribution in [-0.4, -0.2) is 21.3 Å². The molecule has 2 N–H and O–H groups in total. The number of ether oxygens (including phenoxy) is 1. The first-order chi connectivity index (χ1) is 8.72. The van der Waals surface area contributed by atoms with Crippen LogP contribution in [0.5, 0.6) is 5.88 Å². The largest absolute Gasteiger partial charge is 0.481 e. The molecule has 18 heavy (non-hydrogen) atoms. The molecule has 6 heteroatoms. The summed E-state index contributed by atoms with van der Waals surface area (Å²) in [5, 5.41) is 0.392. The van der Waals surface area contributed by atoms with Crippen molar-refractivity contribution in [2.24, 2.45) is 0 Å². The second-order valence-electron chi connectivity index (χ2n) is 3.56. The number of nitrogens with two attached hydrogens (primary N) is 1. The zero-order valence-corrected chi connectivity index (χ0v) is 10.7. The Morgan fingerprint density at radius 2 is 2.00 bits per heavy atom. The fourth-order valence-corrected chi connectivity index (χ4v) is 2.67. The highest BCUT2D eigenvalue weighted by molar-refractivity contribution is 7.84. The van der Waals surface area contributed by atoms with Gasteiger partial charge in [-0.15, -0.1) is 0 Å². The minimum absolute atomic E-state index is 0.276. The lowest BCUT2D eigenvalue weighted by Gasteiger charge is -2.07. The Morgan fingerprint density at radius 1 is 1.28 bits per heavy atom. The van der Waals surface area contributed by atoms with Gasteiger partial charge in [0.1, 0.15) is 5.03 Å². The van der Waals surface area contributed by atoms with Crippen molar-refractivity contribution in [1.82, 2.24) is 9.97 Å². The Hall–Kier alpha value is -1.95. The number of methoxy groups -OCH3 is 1. The third kappa shape index (κ3) is 2.65. The third-order valence-corrected chi connectivity index (χ3v) is 3.69. The van der Waals surface area contributed by atoms with Gasteiger partial charge in [0.05, 0.1) is 29.3 Å². The van der Waals surface area contributed by atoms with Crippen LogP contribution < -0.4 is 10.5 Å². The molecule has 1 unspecified atom stereocenters. The van der Waals surface area contributed by atoms with Gasteiger partial charge in [0, 0.05) is 18.0 Å². The molecule has 2 heterocycles. The third-order valence-electron chi connectivity index (χ3n) is 2.35. The summed E-state index contributed by atoms with van der Waals surface area (Å²) in [6.45, 7) is 0. The summed E-state index contributed by atoms with van der Waals surface area (Å²) < 4.78 is 17.3. The monoisotopic (exact) mass is 263 g/mol. The van der Waals surface area contributed by atoms with E-state index in [1.54, 1.807) is 30.6 Å². The van der Waals surface area contributed by atoms with Crippen molar-refractivity contribution < 1.29 is 8.95 Å². The van der Waals surface area contributed by atoms with Gasteiger partial charge in [-0.3, -0.25) is 4.21 Å². The topological polar surface area (TPSA) is 78.1 Å². The zero-order valence-electron chi connectivity index (χ0n) is 9.87. The number of nitrogens with zero attached hydrogens (tertiary/aromatic N) is 2. The van der Waals surface area contributed by atoms with E-state index in [1.165, 1.54) is 7.11 Å². The molecule has 1 atom stereocenters. The molecule has 5 nitrogen and oxygen atoms in total. The standard InChI is InChI=1S/C12H13N3O2S/c1-17-11-9(4-2-6-14-11)8-18(16)12-10(13)5-3-7-15-12/h2-7H,8,13H2,1H3. The van der Waals surface area contributed by atoms with Gasteiger partial charge < -0.3 is 10.5 Å². The van der Waals surface area contributed by atoms with E-state index in [4.69, 9.17) is 10.5 Å². The summed E-state index contributed by atoms with van der Waals surface area (Å²) in [5.41, 5.74) is 6.94. The predicted molar refractivity (Wildman–Crippen MR) is 69.6 cm³/mol. The highest BCUT2D eigenvalue weighted by atomic mass is 32.2. The van der Waals surface area contributed by atoms with Gasteiger partial charge in [0.25, 0.3) is 0 Å². The fourth-order valence-electron chi connectivity index (χ4n) is 1.52. The molecule has 0 bridgehead atoms. The molecular formula is C12H13N3O2S. The number of pyridine rings is 2. The van der Waals surface area contributed by atoms with Crippen LogP contribution in [0.3, 0.4) is 0 Å². The van der Waals surface area contributed by atoms with E-state index in [0.717, 1.165) is 5.56 Å². The molecule has 0 aliphatic heterocycles. The van der Waals surface area contributed by atoms with Crippen molar-refractivity contribution in [3.05, 3.63) is 42.2 Å². The van der Waals surface area contributed by atoms with Gasteiger partial charge in [-0.05, 0) is 18.2 Å². The second-order valence-corrected chi connectivity index (χ2v) is 4.93. The molecular weight excluding hydrogens is 250 g/mol. The first-order valence-electron chi connectivity index (χ1n) is 5.29. The summed E-state index contributed by atoms with van der Waals surface area (Å²) in [6.07, 6.45) is 3.20. The average molecular weight is 263 g/mol. The van der Waals surface area contributed by atoms with Crippen molar-refractivity contribution >= 4 is 16.5 Å². The lowest BCUT2D eigenvalue weighted by atomic mass is 10.3. The molecule has 0 aromatic carbocycles. The van der Waals surface area contributed by atoms with Crippen molar-refractivity contribution in [2.45, 2.75) is 10.8 Å². The molecule has 0 amide bonds. The summed E-state index contributed by atoms with van der Waals surface area (Å²) in [7, 11) is 0.218. The van der Waals surface area contributed by atoms with Crippen molar-refractivity contribution in [1.29, 1.82) is 0 Å². The maximum atomic E-state index is 12.2. The number of nitrogen functional groups attached to an aromatic ring is 1. The quantitative estimate of drug-likeness (QED) is 0.901. The Morgan fingerprint density at radius 3 is 2.72 bits per heavy atom. The number of rotatable bonds is 4. The lowest BCUT2D eigenvalue weighted by Crippen LogP contribution is -2.04. The smallest absolute Gasteiger partial charge is 0.217 e. The minimum Gasteiger partial charge on any atom is -0.481 e. The molecule has 94 valence electrons. The van der Waals surface area contributed by atoms with E-state index in [0.29, 0.717) is 16.6 Å². The molecule has 0 saturated heterocycles. The summed E-state index contributed by atoms with van der Waals surface area (Å²) in [4.78, 5) is 8.10. The molecule has 2 aromatic heterocycles. The fraction of sp³-hybridized carbons (Fsp3) is 0.167. The van der Waals surface area contributed by atoms with Crippen molar-refractivity contribution in [2.75, 3.05) is 12.8 Å². The number of hydrogen-bond acceptors (Lipinski definition) is 5. The maximum Gasteiger partial charge on any atom is 0.217 e. The van der Waals surface area contributed by atoms with Crippen LogP contribution in [0.1, 0.15) is 5.56 Å². The zero-order chi connectivity index (χ0) is 13.0. The van der Waals surface area contributed by atoms with Gasteiger partial charge in [-0.25, -0.2) is 9.97 Å². The second kappa shape index (κ2) is 5.59. The molecule has 0 saturated carbocycles. The van der Waals surface area contributed by atoms with Crippen LogP contribution in [0.15, 0.2) is 41.7 Å². The van der Waals surface area contributed by atoms with Crippen LogP contribution in [-0.2, 0) is 16.6 Å². The molecule has 0 aliphatic rings. The van der Waals surface area contributed by atoms with Gasteiger partial charge in [-0.1, -0.05) is 6.07 Å².